The van der Waals surface area contributed by atoms with Gasteiger partial charge in [0.1, 0.15) is 12.1 Å². The summed E-state index contributed by atoms with van der Waals surface area (Å²) >= 11 is 0. The summed E-state index contributed by atoms with van der Waals surface area (Å²) in [7, 11) is 0. The third kappa shape index (κ3) is 13.6. The summed E-state index contributed by atoms with van der Waals surface area (Å²) in [6.07, 6.45) is 3.58. The summed E-state index contributed by atoms with van der Waals surface area (Å²) in [4.78, 5) is 48.2. The maximum Gasteiger partial charge on any atom is 0.326 e. The molecule has 3 atom stereocenters. The van der Waals surface area contributed by atoms with E-state index in [1.54, 1.807) is 0 Å². The Kier molecular flexibility index (Phi) is 15.3. The largest absolute Gasteiger partial charge is 0.480 e. The van der Waals surface area contributed by atoms with E-state index in [0.29, 0.717) is 51.6 Å². The van der Waals surface area contributed by atoms with Gasteiger partial charge in [-0.3, -0.25) is 14.4 Å². The third-order valence-corrected chi connectivity index (χ3v) is 4.65. The summed E-state index contributed by atoms with van der Waals surface area (Å²) in [5, 5.41) is 16.7. The topological polar surface area (TPSA) is 203 Å². The minimum absolute atomic E-state index is 0.223. The lowest BCUT2D eigenvalue weighted by atomic mass is 10.0. The summed E-state index contributed by atoms with van der Waals surface area (Å²) in [6.45, 7) is 4.38. The van der Waals surface area contributed by atoms with Gasteiger partial charge in [0.25, 0.3) is 0 Å². The Balaban J connectivity index is 4.79. The lowest BCUT2D eigenvalue weighted by Gasteiger charge is -2.21. The lowest BCUT2D eigenvalue weighted by Crippen LogP contribution is -2.53. The zero-order valence-electron chi connectivity index (χ0n) is 18.7. The van der Waals surface area contributed by atoms with Gasteiger partial charge in [0.05, 0.1) is 12.6 Å². The fraction of sp³-hybridized carbons (Fsp3) is 0.800. The molecule has 31 heavy (non-hydrogen) atoms. The highest BCUT2D eigenvalue weighted by atomic mass is 16.4. The molecular weight excluding hydrogens is 404 g/mol. The van der Waals surface area contributed by atoms with Crippen molar-refractivity contribution >= 4 is 23.7 Å². The molecule has 0 saturated carbocycles. The fourth-order valence-electron chi connectivity index (χ4n) is 2.94. The van der Waals surface area contributed by atoms with Crippen molar-refractivity contribution in [2.45, 2.75) is 76.9 Å². The summed E-state index contributed by atoms with van der Waals surface area (Å²) in [5.74, 6) is -2.52. The molecule has 0 radical (unpaired) electrons. The highest BCUT2D eigenvalue weighted by molar-refractivity contribution is 5.92. The molecule has 0 aliphatic carbocycles. The van der Waals surface area contributed by atoms with Gasteiger partial charge in [-0.05, 0) is 64.0 Å². The Morgan fingerprint density at radius 1 is 0.839 bits per heavy atom. The smallest absolute Gasteiger partial charge is 0.326 e. The van der Waals surface area contributed by atoms with Crippen molar-refractivity contribution < 1.29 is 24.3 Å². The van der Waals surface area contributed by atoms with Gasteiger partial charge >= 0.3 is 5.97 Å². The lowest BCUT2D eigenvalue weighted by molar-refractivity contribution is -0.142. The maximum absolute atomic E-state index is 12.5. The fourth-order valence-corrected chi connectivity index (χ4v) is 2.94. The van der Waals surface area contributed by atoms with Crippen LogP contribution in [0.3, 0.4) is 0 Å². The van der Waals surface area contributed by atoms with Crippen molar-refractivity contribution in [3.63, 3.8) is 0 Å². The minimum Gasteiger partial charge on any atom is -0.480 e. The van der Waals surface area contributed by atoms with Gasteiger partial charge in [-0.2, -0.15) is 0 Å². The van der Waals surface area contributed by atoms with Crippen LogP contribution in [-0.2, 0) is 19.2 Å². The molecule has 0 aliphatic heterocycles. The molecule has 0 aliphatic rings. The van der Waals surface area contributed by atoms with Crippen molar-refractivity contribution in [1.29, 1.82) is 0 Å². The predicted molar refractivity (Wildman–Crippen MR) is 118 cm³/mol. The van der Waals surface area contributed by atoms with E-state index in [0.717, 1.165) is 0 Å². The first kappa shape index (κ1) is 28.8. The zero-order chi connectivity index (χ0) is 23.8. The number of aliphatic carboxylic acids is 1. The van der Waals surface area contributed by atoms with E-state index in [9.17, 15) is 24.3 Å². The molecular formula is C20H40N6O5. The second kappa shape index (κ2) is 16.5. The minimum atomic E-state index is -1.15. The van der Waals surface area contributed by atoms with E-state index < -0.39 is 48.4 Å². The molecule has 180 valence electrons. The van der Waals surface area contributed by atoms with Gasteiger partial charge in [0.2, 0.25) is 17.7 Å². The maximum atomic E-state index is 12.5. The molecule has 11 heteroatoms. The van der Waals surface area contributed by atoms with Crippen LogP contribution >= 0.6 is 0 Å². The van der Waals surface area contributed by atoms with Gasteiger partial charge in [-0.25, -0.2) is 4.79 Å². The summed E-state index contributed by atoms with van der Waals surface area (Å²) < 4.78 is 0. The average Bonchev–Trinajstić information content (AvgIpc) is 2.69. The van der Waals surface area contributed by atoms with Crippen molar-refractivity contribution in [1.82, 2.24) is 16.0 Å². The first-order valence-electron chi connectivity index (χ1n) is 10.9. The highest BCUT2D eigenvalue weighted by Crippen LogP contribution is 2.06. The molecule has 0 heterocycles. The molecule has 0 fully saturated rings. The zero-order valence-corrected chi connectivity index (χ0v) is 18.7. The Bertz CT molecular complexity index is 572. The van der Waals surface area contributed by atoms with Gasteiger partial charge in [-0.1, -0.05) is 13.8 Å². The van der Waals surface area contributed by atoms with E-state index in [1.165, 1.54) is 0 Å². The van der Waals surface area contributed by atoms with Crippen molar-refractivity contribution in [2.24, 2.45) is 23.1 Å². The number of nitrogens with two attached hydrogens (primary N) is 3. The number of hydrogen-bond donors (Lipinski definition) is 7. The first-order chi connectivity index (χ1) is 14.6. The van der Waals surface area contributed by atoms with E-state index in [4.69, 9.17) is 17.2 Å². The second-order valence-corrected chi connectivity index (χ2v) is 8.04. The first-order valence-corrected chi connectivity index (χ1v) is 10.9. The van der Waals surface area contributed by atoms with Crippen LogP contribution in [-0.4, -0.2) is 66.6 Å². The second-order valence-electron chi connectivity index (χ2n) is 8.04. The van der Waals surface area contributed by atoms with Crippen LogP contribution < -0.4 is 33.2 Å². The van der Waals surface area contributed by atoms with Gasteiger partial charge in [0, 0.05) is 0 Å². The number of rotatable bonds is 17. The van der Waals surface area contributed by atoms with Crippen molar-refractivity contribution in [3.8, 4) is 0 Å². The van der Waals surface area contributed by atoms with Crippen LogP contribution in [0.2, 0.25) is 0 Å². The molecule has 0 aromatic heterocycles. The van der Waals surface area contributed by atoms with Crippen LogP contribution in [0.15, 0.2) is 0 Å². The molecule has 0 unspecified atom stereocenters. The number of carboxylic acid groups (broad SMARTS) is 1. The summed E-state index contributed by atoms with van der Waals surface area (Å²) in [6, 6.07) is -2.65. The SMILES string of the molecule is CC(C)C[C@H](N)C(=O)N[C@@H](CCCCN)C(=O)NCC(=O)N[C@@H](CCCCN)C(=O)O. The number of unbranched alkanes of at least 4 members (excludes halogenated alkanes) is 2. The van der Waals surface area contributed by atoms with Crippen LogP contribution in [0.4, 0.5) is 0 Å². The molecule has 0 aromatic carbocycles. The Labute approximate surface area is 184 Å². The molecule has 0 saturated heterocycles. The number of carbonyl (C=O) groups excluding carboxylic acids is 3. The Morgan fingerprint density at radius 2 is 1.39 bits per heavy atom. The van der Waals surface area contributed by atoms with E-state index in [1.807, 2.05) is 13.8 Å². The molecule has 10 N–H and O–H groups in total. The number of carboxylic acids is 1. The molecule has 11 nitrogen and oxygen atoms in total. The molecule has 0 rings (SSSR count). The Morgan fingerprint density at radius 3 is 1.87 bits per heavy atom. The number of hydrogen-bond acceptors (Lipinski definition) is 7. The monoisotopic (exact) mass is 444 g/mol. The van der Waals surface area contributed by atoms with Gasteiger partial charge < -0.3 is 38.3 Å². The molecule has 3 amide bonds. The van der Waals surface area contributed by atoms with E-state index in [2.05, 4.69) is 16.0 Å². The van der Waals surface area contributed by atoms with Crippen LogP contribution in [0.1, 0.15) is 58.8 Å². The number of nitrogens with one attached hydrogen (secondary N) is 3. The van der Waals surface area contributed by atoms with Crippen molar-refractivity contribution in [2.75, 3.05) is 19.6 Å². The Hall–Kier alpha value is -2.24. The normalized spacial score (nSPS) is 13.9. The molecule has 0 spiro atoms. The summed E-state index contributed by atoms with van der Waals surface area (Å²) in [5.41, 5.74) is 16.8. The van der Waals surface area contributed by atoms with Gasteiger partial charge in [-0.15, -0.1) is 0 Å². The van der Waals surface area contributed by atoms with Gasteiger partial charge in [0.15, 0.2) is 0 Å². The van der Waals surface area contributed by atoms with Crippen molar-refractivity contribution in [3.05, 3.63) is 0 Å². The standard InChI is InChI=1S/C20H40N6O5/c1-13(2)11-14(23)18(28)26-15(7-3-5-9-21)19(29)24-12-17(27)25-16(20(30)31)8-4-6-10-22/h13-16H,3-12,21-23H2,1-2H3,(H,24,29)(H,25,27)(H,26,28)(H,30,31)/t14-,15-,16-/m0/s1. The quantitative estimate of drug-likeness (QED) is 0.135. The number of carbonyl (C=O) groups is 4. The third-order valence-electron chi connectivity index (χ3n) is 4.65. The van der Waals surface area contributed by atoms with Crippen LogP contribution in [0, 0.1) is 5.92 Å². The van der Waals surface area contributed by atoms with Crippen LogP contribution in [0.5, 0.6) is 0 Å². The highest BCUT2D eigenvalue weighted by Gasteiger charge is 2.25. The molecule has 0 aromatic rings. The van der Waals surface area contributed by atoms with Crippen LogP contribution in [0.25, 0.3) is 0 Å². The van der Waals surface area contributed by atoms with E-state index in [-0.39, 0.29) is 12.3 Å². The average molecular weight is 445 g/mol. The molecule has 0 bridgehead atoms. The predicted octanol–water partition coefficient (Wildman–Crippen LogP) is -1.21. The number of amides is 3. The van der Waals surface area contributed by atoms with E-state index >= 15 is 0 Å².